The van der Waals surface area contributed by atoms with Crippen molar-refractivity contribution in [2.75, 3.05) is 6.26 Å². The Balaban J connectivity index is 3.55. The molecule has 1 heterocycles. The summed E-state index contributed by atoms with van der Waals surface area (Å²) in [6.07, 6.45) is 1.54. The summed E-state index contributed by atoms with van der Waals surface area (Å²) in [5.41, 5.74) is 0.580. The normalized spacial score (nSPS) is 11.3. The number of halogens is 1. The molecular formula is C7H8BrN3O2S. The first-order valence-corrected chi connectivity index (χ1v) is 6.44. The lowest BCUT2D eigenvalue weighted by Gasteiger charge is -2.01. The Hall–Kier alpha value is -0.870. The van der Waals surface area contributed by atoms with Crippen LogP contribution in [0.5, 0.6) is 0 Å². The Morgan fingerprint density at radius 2 is 2.21 bits per heavy atom. The van der Waals surface area contributed by atoms with E-state index in [2.05, 4.69) is 21.0 Å². The smallest absolute Gasteiger partial charge is 0.205 e. The highest BCUT2D eigenvalue weighted by Crippen LogP contribution is 2.22. The van der Waals surface area contributed by atoms with Crippen molar-refractivity contribution in [2.45, 2.75) is 13.3 Å². The van der Waals surface area contributed by atoms with Gasteiger partial charge in [0.2, 0.25) is 0 Å². The van der Waals surface area contributed by atoms with Gasteiger partial charge in [-0.3, -0.25) is 0 Å². The van der Waals surface area contributed by atoms with Crippen molar-refractivity contribution < 1.29 is 8.42 Å². The molecule has 0 N–H and O–H groups in total. The maximum absolute atomic E-state index is 11.3. The van der Waals surface area contributed by atoms with E-state index in [0.717, 1.165) is 10.3 Å². The summed E-state index contributed by atoms with van der Waals surface area (Å²) >= 11 is 3.14. The van der Waals surface area contributed by atoms with Crippen molar-refractivity contribution in [3.63, 3.8) is 0 Å². The molecule has 0 atom stereocenters. The second kappa shape index (κ2) is 3.71. The van der Waals surface area contributed by atoms with Crippen molar-refractivity contribution in [3.05, 3.63) is 15.9 Å². The zero-order valence-corrected chi connectivity index (χ0v) is 10.1. The Labute approximate surface area is 90.5 Å². The van der Waals surface area contributed by atoms with E-state index in [1.807, 2.05) is 6.07 Å². The largest absolute Gasteiger partial charge is 0.251 e. The number of hydrogen-bond acceptors (Lipinski definition) is 4. The van der Waals surface area contributed by atoms with Gasteiger partial charge in [0.1, 0.15) is 6.07 Å². The average Bonchev–Trinajstić information content (AvgIpc) is 2.41. The number of rotatable bonds is 2. The molecule has 1 rings (SSSR count). The van der Waals surface area contributed by atoms with Gasteiger partial charge in [-0.05, 0) is 22.4 Å². The SMILES string of the molecule is CCc1c(Br)c(C#N)nn1S(C)(=O)=O. The van der Waals surface area contributed by atoms with Gasteiger partial charge in [0.05, 0.1) is 16.4 Å². The second-order valence-electron chi connectivity index (χ2n) is 2.68. The van der Waals surface area contributed by atoms with Crippen molar-refractivity contribution in [3.8, 4) is 6.07 Å². The summed E-state index contributed by atoms with van der Waals surface area (Å²) in [6.45, 7) is 1.80. The van der Waals surface area contributed by atoms with Crippen LogP contribution in [0.3, 0.4) is 0 Å². The van der Waals surface area contributed by atoms with E-state index < -0.39 is 10.0 Å². The van der Waals surface area contributed by atoms with E-state index in [-0.39, 0.29) is 5.69 Å². The molecule has 5 nitrogen and oxygen atoms in total. The van der Waals surface area contributed by atoms with Crippen LogP contribution < -0.4 is 0 Å². The molecule has 0 radical (unpaired) electrons. The topological polar surface area (TPSA) is 75.8 Å². The van der Waals surface area contributed by atoms with Crippen molar-refractivity contribution in [1.82, 2.24) is 9.19 Å². The van der Waals surface area contributed by atoms with Crippen molar-refractivity contribution >= 4 is 26.0 Å². The highest BCUT2D eigenvalue weighted by atomic mass is 79.9. The van der Waals surface area contributed by atoms with E-state index in [1.165, 1.54) is 0 Å². The van der Waals surface area contributed by atoms with Gasteiger partial charge in [-0.15, -0.1) is 5.10 Å². The maximum atomic E-state index is 11.3. The molecule has 0 fully saturated rings. The third-order valence-corrected chi connectivity index (χ3v) is 3.40. The van der Waals surface area contributed by atoms with Gasteiger partial charge >= 0.3 is 0 Å². The molecule has 0 aliphatic rings. The van der Waals surface area contributed by atoms with Crippen LogP contribution in [-0.4, -0.2) is 23.9 Å². The summed E-state index contributed by atoms with van der Waals surface area (Å²) < 4.78 is 23.9. The molecule has 14 heavy (non-hydrogen) atoms. The van der Waals surface area contributed by atoms with E-state index in [4.69, 9.17) is 5.26 Å². The quantitative estimate of drug-likeness (QED) is 0.805. The van der Waals surface area contributed by atoms with Crippen LogP contribution in [0.1, 0.15) is 18.3 Å². The number of nitriles is 1. The lowest BCUT2D eigenvalue weighted by atomic mass is 10.3. The molecule has 0 amide bonds. The van der Waals surface area contributed by atoms with Crippen LogP contribution in [0, 0.1) is 11.3 Å². The molecule has 7 heteroatoms. The van der Waals surface area contributed by atoms with Crippen LogP contribution in [0.15, 0.2) is 4.47 Å². The highest BCUT2D eigenvalue weighted by Gasteiger charge is 2.19. The summed E-state index contributed by atoms with van der Waals surface area (Å²) in [6, 6.07) is 1.82. The maximum Gasteiger partial charge on any atom is 0.251 e. The van der Waals surface area contributed by atoms with Gasteiger partial charge in [0.15, 0.2) is 5.69 Å². The lowest BCUT2D eigenvalue weighted by molar-refractivity contribution is 0.583. The van der Waals surface area contributed by atoms with Crippen LogP contribution in [0.2, 0.25) is 0 Å². The summed E-state index contributed by atoms with van der Waals surface area (Å²) in [7, 11) is -3.43. The molecule has 0 spiro atoms. The standard InChI is InChI=1S/C7H8BrN3O2S/c1-3-6-7(8)5(4-9)10-11(6)14(2,12)13/h3H2,1-2H3. The number of nitrogens with zero attached hydrogens (tertiary/aromatic N) is 3. The minimum atomic E-state index is -3.43. The van der Waals surface area contributed by atoms with E-state index >= 15 is 0 Å². The highest BCUT2D eigenvalue weighted by molar-refractivity contribution is 9.10. The fourth-order valence-electron chi connectivity index (χ4n) is 1.05. The third-order valence-electron chi connectivity index (χ3n) is 1.64. The number of aromatic nitrogens is 2. The molecule has 0 aliphatic heterocycles. The Bertz CT molecular complexity index is 498. The molecule has 1 aromatic rings. The zero-order valence-electron chi connectivity index (χ0n) is 7.65. The Morgan fingerprint density at radius 1 is 1.64 bits per heavy atom. The second-order valence-corrected chi connectivity index (χ2v) is 5.29. The molecule has 0 saturated heterocycles. The van der Waals surface area contributed by atoms with Gasteiger partial charge in [0.25, 0.3) is 10.0 Å². The van der Waals surface area contributed by atoms with E-state index in [9.17, 15) is 8.42 Å². The summed E-state index contributed by atoms with van der Waals surface area (Å²) in [5.74, 6) is 0. The third kappa shape index (κ3) is 1.81. The predicted octanol–water partition coefficient (Wildman–Crippen LogP) is 0.887. The minimum absolute atomic E-state index is 0.0901. The first-order chi connectivity index (χ1) is 6.41. The summed E-state index contributed by atoms with van der Waals surface area (Å²) in [5, 5.41) is 12.4. The van der Waals surface area contributed by atoms with Gasteiger partial charge in [0, 0.05) is 0 Å². The van der Waals surface area contributed by atoms with Gasteiger partial charge in [-0.1, -0.05) is 6.92 Å². The first kappa shape index (κ1) is 11.2. The molecule has 1 aromatic heterocycles. The molecule has 0 saturated carbocycles. The van der Waals surface area contributed by atoms with Crippen molar-refractivity contribution in [1.29, 1.82) is 5.26 Å². The zero-order chi connectivity index (χ0) is 10.9. The van der Waals surface area contributed by atoms with Crippen molar-refractivity contribution in [2.24, 2.45) is 0 Å². The van der Waals surface area contributed by atoms with Crippen LogP contribution in [-0.2, 0) is 16.4 Å². The molecule has 76 valence electrons. The molecule has 0 bridgehead atoms. The first-order valence-electron chi connectivity index (χ1n) is 3.79. The minimum Gasteiger partial charge on any atom is -0.205 e. The van der Waals surface area contributed by atoms with E-state index in [1.54, 1.807) is 6.92 Å². The molecule has 0 aliphatic carbocycles. The fourth-order valence-corrected chi connectivity index (χ4v) is 2.64. The van der Waals surface area contributed by atoms with Crippen LogP contribution in [0.4, 0.5) is 0 Å². The van der Waals surface area contributed by atoms with Gasteiger partial charge in [-0.2, -0.15) is 9.35 Å². The average molecular weight is 278 g/mol. The van der Waals surface area contributed by atoms with Crippen LogP contribution >= 0.6 is 15.9 Å². The van der Waals surface area contributed by atoms with E-state index in [0.29, 0.717) is 16.6 Å². The lowest BCUT2D eigenvalue weighted by Crippen LogP contribution is -2.14. The fraction of sp³-hybridized carbons (Fsp3) is 0.429. The molecule has 0 aromatic carbocycles. The molecule has 0 unspecified atom stereocenters. The predicted molar refractivity (Wildman–Crippen MR) is 54.3 cm³/mol. The van der Waals surface area contributed by atoms with Gasteiger partial charge < -0.3 is 0 Å². The Kier molecular flexibility index (Phi) is 2.97. The summed E-state index contributed by atoms with van der Waals surface area (Å²) in [4.78, 5) is 0. The number of hydrogen-bond donors (Lipinski definition) is 0. The van der Waals surface area contributed by atoms with Gasteiger partial charge in [-0.25, -0.2) is 8.42 Å². The Morgan fingerprint density at radius 3 is 2.50 bits per heavy atom. The molecular weight excluding hydrogens is 270 g/mol. The monoisotopic (exact) mass is 277 g/mol. The van der Waals surface area contributed by atoms with Crippen LogP contribution in [0.25, 0.3) is 0 Å².